The lowest BCUT2D eigenvalue weighted by atomic mass is 10.1. The fraction of sp³-hybridized carbons (Fsp3) is 0.727. The summed E-state index contributed by atoms with van der Waals surface area (Å²) in [6.07, 6.45) is 2.29. The molecule has 0 bridgehead atoms. The second-order valence-electron chi connectivity index (χ2n) is 4.34. The first-order valence-corrected chi connectivity index (χ1v) is 6.84. The highest BCUT2D eigenvalue weighted by Gasteiger charge is 2.14. The third-order valence-corrected chi connectivity index (χ3v) is 3.66. The number of rotatable bonds is 5. The van der Waals surface area contributed by atoms with Gasteiger partial charge in [0, 0.05) is 31.1 Å². The van der Waals surface area contributed by atoms with Gasteiger partial charge in [-0.15, -0.1) is 11.3 Å². The molecule has 1 aliphatic heterocycles. The fourth-order valence-corrected chi connectivity index (χ4v) is 2.51. The van der Waals surface area contributed by atoms with Crippen LogP contribution in [0.1, 0.15) is 18.5 Å². The molecule has 5 heteroatoms. The maximum atomic E-state index is 5.87. The lowest BCUT2D eigenvalue weighted by Gasteiger charge is -2.29. The number of hydrogen-bond donors (Lipinski definition) is 2. The van der Waals surface area contributed by atoms with Crippen LogP contribution in [0.25, 0.3) is 0 Å². The number of likely N-dealkylation sites (tertiary alicyclic amines) is 1. The minimum Gasteiger partial charge on any atom is -0.328 e. The minimum atomic E-state index is 0.430. The van der Waals surface area contributed by atoms with Crippen molar-refractivity contribution in [2.24, 2.45) is 5.73 Å². The Balaban J connectivity index is 1.55. The van der Waals surface area contributed by atoms with E-state index in [0.717, 1.165) is 51.3 Å². The molecule has 2 rings (SSSR count). The van der Waals surface area contributed by atoms with E-state index < -0.39 is 0 Å². The first kappa shape index (κ1) is 12.0. The molecule has 4 nitrogen and oxygen atoms in total. The molecule has 0 aliphatic carbocycles. The molecule has 1 aromatic rings. The Bertz CT molecular complexity index is 280. The molecule has 0 aromatic carbocycles. The van der Waals surface area contributed by atoms with E-state index in [1.165, 1.54) is 0 Å². The highest BCUT2D eigenvalue weighted by atomic mass is 32.1. The van der Waals surface area contributed by atoms with Gasteiger partial charge in [-0.3, -0.25) is 0 Å². The largest absolute Gasteiger partial charge is 0.328 e. The normalized spacial score (nSPS) is 19.1. The lowest BCUT2D eigenvalue weighted by molar-refractivity contribution is 0.213. The van der Waals surface area contributed by atoms with Gasteiger partial charge in [0.05, 0.1) is 11.2 Å². The summed E-state index contributed by atoms with van der Waals surface area (Å²) in [5, 5.41) is 5.51. The fourth-order valence-electron chi connectivity index (χ4n) is 1.96. The maximum Gasteiger partial charge on any atom is 0.0795 e. The topological polar surface area (TPSA) is 54.2 Å². The Labute approximate surface area is 101 Å². The molecule has 0 saturated carbocycles. The van der Waals surface area contributed by atoms with Crippen molar-refractivity contribution >= 4 is 11.3 Å². The molecule has 0 amide bonds. The Kier molecular flexibility index (Phi) is 4.71. The molecule has 1 aromatic heterocycles. The molecule has 1 saturated heterocycles. The van der Waals surface area contributed by atoms with Crippen LogP contribution in [-0.2, 0) is 6.54 Å². The van der Waals surface area contributed by atoms with Gasteiger partial charge in [0.25, 0.3) is 0 Å². The van der Waals surface area contributed by atoms with Crippen molar-refractivity contribution in [3.63, 3.8) is 0 Å². The summed E-state index contributed by atoms with van der Waals surface area (Å²) in [4.78, 5) is 6.72. The summed E-state index contributed by atoms with van der Waals surface area (Å²) >= 11 is 1.65. The van der Waals surface area contributed by atoms with Crippen LogP contribution in [0.15, 0.2) is 10.9 Å². The molecular weight excluding hydrogens is 220 g/mol. The van der Waals surface area contributed by atoms with E-state index in [1.807, 2.05) is 5.51 Å². The standard InChI is InChI=1S/C11H20N4S/c12-10-1-4-15(5-2-10)6-3-13-7-11-8-16-9-14-11/h8-10,13H,1-7,12H2. The highest BCUT2D eigenvalue weighted by molar-refractivity contribution is 7.07. The van der Waals surface area contributed by atoms with Gasteiger partial charge in [0.1, 0.15) is 0 Å². The molecule has 1 fully saturated rings. The average Bonchev–Trinajstić information content (AvgIpc) is 2.80. The highest BCUT2D eigenvalue weighted by Crippen LogP contribution is 2.07. The van der Waals surface area contributed by atoms with E-state index >= 15 is 0 Å². The molecule has 0 unspecified atom stereocenters. The van der Waals surface area contributed by atoms with E-state index in [2.05, 4.69) is 20.6 Å². The maximum absolute atomic E-state index is 5.87. The lowest BCUT2D eigenvalue weighted by Crippen LogP contribution is -2.42. The quantitative estimate of drug-likeness (QED) is 0.742. The van der Waals surface area contributed by atoms with Crippen LogP contribution in [0.3, 0.4) is 0 Å². The van der Waals surface area contributed by atoms with Gasteiger partial charge in [0.2, 0.25) is 0 Å². The van der Waals surface area contributed by atoms with Crippen LogP contribution in [0.5, 0.6) is 0 Å². The molecule has 90 valence electrons. The molecule has 3 N–H and O–H groups in total. The van der Waals surface area contributed by atoms with Crippen molar-refractivity contribution < 1.29 is 0 Å². The van der Waals surface area contributed by atoms with Crippen molar-refractivity contribution in [2.45, 2.75) is 25.4 Å². The van der Waals surface area contributed by atoms with Gasteiger partial charge in [-0.05, 0) is 25.9 Å². The van der Waals surface area contributed by atoms with Gasteiger partial charge in [0.15, 0.2) is 0 Å². The van der Waals surface area contributed by atoms with Crippen LogP contribution in [0.2, 0.25) is 0 Å². The predicted molar refractivity (Wildman–Crippen MR) is 67.5 cm³/mol. The molecule has 0 spiro atoms. The average molecular weight is 240 g/mol. The van der Waals surface area contributed by atoms with E-state index in [4.69, 9.17) is 5.73 Å². The SMILES string of the molecule is NC1CCN(CCNCc2cscn2)CC1. The van der Waals surface area contributed by atoms with Crippen LogP contribution >= 0.6 is 11.3 Å². The van der Waals surface area contributed by atoms with Gasteiger partial charge < -0.3 is 16.0 Å². The zero-order valence-corrected chi connectivity index (χ0v) is 10.4. The van der Waals surface area contributed by atoms with Crippen molar-refractivity contribution in [1.82, 2.24) is 15.2 Å². The van der Waals surface area contributed by atoms with Gasteiger partial charge in [-0.1, -0.05) is 0 Å². The van der Waals surface area contributed by atoms with Gasteiger partial charge in [-0.2, -0.15) is 0 Å². The zero-order valence-electron chi connectivity index (χ0n) is 9.56. The summed E-state index contributed by atoms with van der Waals surface area (Å²) in [5.74, 6) is 0. The predicted octanol–water partition coefficient (Wildman–Crippen LogP) is 0.656. The number of aromatic nitrogens is 1. The van der Waals surface area contributed by atoms with E-state index in [0.29, 0.717) is 6.04 Å². The number of hydrogen-bond acceptors (Lipinski definition) is 5. The smallest absolute Gasteiger partial charge is 0.0795 e. The van der Waals surface area contributed by atoms with Crippen LogP contribution < -0.4 is 11.1 Å². The second-order valence-corrected chi connectivity index (χ2v) is 5.05. The Morgan fingerprint density at radius 2 is 2.31 bits per heavy atom. The summed E-state index contributed by atoms with van der Waals surface area (Å²) in [6, 6.07) is 0.430. The van der Waals surface area contributed by atoms with Crippen molar-refractivity contribution in [3.8, 4) is 0 Å². The molecule has 0 radical (unpaired) electrons. The number of nitrogens with two attached hydrogens (primary N) is 1. The third kappa shape index (κ3) is 3.83. The Morgan fingerprint density at radius 1 is 1.50 bits per heavy atom. The summed E-state index contributed by atoms with van der Waals surface area (Å²) in [6.45, 7) is 5.35. The van der Waals surface area contributed by atoms with Gasteiger partial charge >= 0.3 is 0 Å². The van der Waals surface area contributed by atoms with Crippen LogP contribution in [0.4, 0.5) is 0 Å². The minimum absolute atomic E-state index is 0.430. The first-order chi connectivity index (χ1) is 7.84. The van der Waals surface area contributed by atoms with E-state index in [-0.39, 0.29) is 0 Å². The second kappa shape index (κ2) is 6.30. The van der Waals surface area contributed by atoms with Crippen molar-refractivity contribution in [1.29, 1.82) is 0 Å². The van der Waals surface area contributed by atoms with E-state index in [9.17, 15) is 0 Å². The van der Waals surface area contributed by atoms with Gasteiger partial charge in [-0.25, -0.2) is 4.98 Å². The summed E-state index contributed by atoms with van der Waals surface area (Å²) in [5.41, 5.74) is 8.89. The van der Waals surface area contributed by atoms with E-state index in [1.54, 1.807) is 11.3 Å². The Hall–Kier alpha value is -0.490. The monoisotopic (exact) mass is 240 g/mol. The number of thiazole rings is 1. The summed E-state index contributed by atoms with van der Waals surface area (Å²) in [7, 11) is 0. The first-order valence-electron chi connectivity index (χ1n) is 5.90. The van der Waals surface area contributed by atoms with Crippen molar-refractivity contribution in [3.05, 3.63) is 16.6 Å². The molecule has 2 heterocycles. The Morgan fingerprint density at radius 3 is 3.00 bits per heavy atom. The molecular formula is C11H20N4S. The number of nitrogens with one attached hydrogen (secondary N) is 1. The summed E-state index contributed by atoms with van der Waals surface area (Å²) < 4.78 is 0. The molecule has 1 aliphatic rings. The number of piperidine rings is 1. The molecule has 0 atom stereocenters. The molecule has 16 heavy (non-hydrogen) atoms. The number of nitrogens with zero attached hydrogens (tertiary/aromatic N) is 2. The van der Waals surface area contributed by atoms with Crippen LogP contribution in [0, 0.1) is 0 Å². The third-order valence-electron chi connectivity index (χ3n) is 3.03. The van der Waals surface area contributed by atoms with Crippen LogP contribution in [-0.4, -0.2) is 42.1 Å². The zero-order chi connectivity index (χ0) is 11.2. The van der Waals surface area contributed by atoms with Crippen molar-refractivity contribution in [2.75, 3.05) is 26.2 Å².